The zero-order valence-corrected chi connectivity index (χ0v) is 18.6. The molecule has 4 rings (SSSR count). The van der Waals surface area contributed by atoms with Gasteiger partial charge in [0.2, 0.25) is 0 Å². The molecule has 0 amide bonds. The van der Waals surface area contributed by atoms with Crippen LogP contribution in [0.2, 0.25) is 0 Å². The standard InChI is InChI=1S/C22H14N3.2Pt/c1-3-9-17(10-4-1)19-13-7-15-21(23-19)25-22-16-8-14-20(24-22)18-11-5-2-6-12-18;;/h1-9,11,13-16H;;/q-3;;+2. The Hall–Kier alpha value is -2.08. The average Bonchev–Trinajstić information content (AvgIpc) is 2.70. The van der Waals surface area contributed by atoms with Crippen LogP contribution in [-0.4, -0.2) is 9.97 Å². The predicted octanol–water partition coefficient (Wildman–Crippen LogP) is 5.74. The quantitative estimate of drug-likeness (QED) is 0.254. The summed E-state index contributed by atoms with van der Waals surface area (Å²) in [5.74, 6) is 1.24. The van der Waals surface area contributed by atoms with Gasteiger partial charge in [-0.15, -0.1) is 71.8 Å². The van der Waals surface area contributed by atoms with E-state index in [1.54, 1.807) is 0 Å². The van der Waals surface area contributed by atoms with Crippen LogP contribution >= 0.6 is 0 Å². The summed E-state index contributed by atoms with van der Waals surface area (Å²) in [6, 6.07) is 33.4. The summed E-state index contributed by atoms with van der Waals surface area (Å²) in [5, 5.41) is 4.56. The fourth-order valence-corrected chi connectivity index (χ4v) is 2.49. The average molecular weight is 711 g/mol. The number of hydrogen-bond acceptors (Lipinski definition) is 2. The molecular formula is C22H14N3Pt2-. The minimum atomic E-state index is 0. The third kappa shape index (κ3) is 5.45. The summed E-state index contributed by atoms with van der Waals surface area (Å²) in [6.07, 6.45) is 0. The summed E-state index contributed by atoms with van der Waals surface area (Å²) < 4.78 is 0. The second-order valence-corrected chi connectivity index (χ2v) is 5.43. The van der Waals surface area contributed by atoms with Gasteiger partial charge in [0, 0.05) is 32.7 Å². The molecule has 3 nitrogen and oxygen atoms in total. The minimum absolute atomic E-state index is 0. The molecule has 0 radical (unpaired) electrons. The molecule has 0 saturated carbocycles. The molecule has 0 bridgehead atoms. The first-order valence-corrected chi connectivity index (χ1v) is 7.98. The Bertz CT molecular complexity index is 896. The summed E-state index contributed by atoms with van der Waals surface area (Å²) in [4.78, 5) is 9.19. The number of pyridine rings is 2. The maximum Gasteiger partial charge on any atom is 2.00 e. The third-order valence-corrected chi connectivity index (χ3v) is 3.67. The largest absolute Gasteiger partial charge is 2.00 e. The second kappa shape index (κ2) is 10.3. The third-order valence-electron chi connectivity index (χ3n) is 3.67. The predicted molar refractivity (Wildman–Crippen MR) is 99.7 cm³/mol. The van der Waals surface area contributed by atoms with Crippen molar-refractivity contribution in [2.45, 2.75) is 0 Å². The number of nitrogens with zero attached hydrogens (tertiary/aromatic N) is 3. The topological polar surface area (TPSA) is 39.9 Å². The van der Waals surface area contributed by atoms with E-state index < -0.39 is 0 Å². The van der Waals surface area contributed by atoms with E-state index in [1.165, 1.54) is 0 Å². The number of rotatable bonds is 4. The van der Waals surface area contributed by atoms with Gasteiger partial charge in [-0.1, -0.05) is 47.8 Å². The van der Waals surface area contributed by atoms with Gasteiger partial charge < -0.3 is 15.3 Å². The summed E-state index contributed by atoms with van der Waals surface area (Å²) in [6.45, 7) is 0. The van der Waals surface area contributed by atoms with Crippen LogP contribution in [0.3, 0.4) is 0 Å². The maximum atomic E-state index is 4.59. The maximum absolute atomic E-state index is 4.59. The Kier molecular flexibility index (Phi) is 8.10. The molecule has 138 valence electrons. The van der Waals surface area contributed by atoms with Gasteiger partial charge in [-0.25, -0.2) is 0 Å². The summed E-state index contributed by atoms with van der Waals surface area (Å²) in [5.41, 5.74) is 3.57. The van der Waals surface area contributed by atoms with Crippen LogP contribution < -0.4 is 0 Å². The Balaban J connectivity index is 0.00000131. The van der Waals surface area contributed by atoms with Crippen molar-refractivity contribution >= 4 is 11.6 Å². The summed E-state index contributed by atoms with van der Waals surface area (Å²) in [7, 11) is 0. The van der Waals surface area contributed by atoms with Gasteiger partial charge in [0.15, 0.2) is 0 Å². The molecule has 2 aromatic carbocycles. The van der Waals surface area contributed by atoms with Crippen LogP contribution in [0.1, 0.15) is 0 Å². The van der Waals surface area contributed by atoms with Gasteiger partial charge in [0.25, 0.3) is 0 Å². The molecule has 0 N–H and O–H groups in total. The van der Waals surface area contributed by atoms with E-state index in [1.807, 2.05) is 84.9 Å². The second-order valence-electron chi connectivity index (χ2n) is 5.43. The van der Waals surface area contributed by atoms with Gasteiger partial charge >= 0.3 is 21.1 Å². The Morgan fingerprint density at radius 1 is 0.593 bits per heavy atom. The van der Waals surface area contributed by atoms with Crippen molar-refractivity contribution < 1.29 is 42.1 Å². The van der Waals surface area contributed by atoms with Crippen molar-refractivity contribution in [1.29, 1.82) is 0 Å². The molecule has 27 heavy (non-hydrogen) atoms. The molecule has 5 heteroatoms. The smallest absolute Gasteiger partial charge is 0.411 e. The SMILES string of the molecule is [Pt+2].[Pt].[c-]1ccccc1-c1cccc([N-]c2cccc(-c3[c-]cccc3)n2)n1. The Labute approximate surface area is 187 Å². The fourth-order valence-electron chi connectivity index (χ4n) is 2.49. The molecule has 0 unspecified atom stereocenters. The first-order chi connectivity index (χ1) is 12.4. The first-order valence-electron chi connectivity index (χ1n) is 7.98. The van der Waals surface area contributed by atoms with Crippen LogP contribution in [0.15, 0.2) is 84.9 Å². The normalized spacial score (nSPS) is 9.63. The van der Waals surface area contributed by atoms with Crippen molar-refractivity contribution in [3.8, 4) is 22.5 Å². The molecule has 4 aromatic rings. The minimum Gasteiger partial charge on any atom is -0.411 e. The van der Waals surface area contributed by atoms with E-state index in [-0.39, 0.29) is 42.1 Å². The molecule has 0 atom stereocenters. The molecule has 0 aliphatic heterocycles. The Morgan fingerprint density at radius 2 is 1.07 bits per heavy atom. The van der Waals surface area contributed by atoms with Crippen molar-refractivity contribution in [2.75, 3.05) is 0 Å². The molecule has 2 aromatic heterocycles. The van der Waals surface area contributed by atoms with Gasteiger partial charge in [-0.3, -0.25) is 0 Å². The zero-order chi connectivity index (χ0) is 16.9. The van der Waals surface area contributed by atoms with Gasteiger partial charge in [-0.2, -0.15) is 0 Å². The van der Waals surface area contributed by atoms with Crippen molar-refractivity contribution in [2.24, 2.45) is 0 Å². The van der Waals surface area contributed by atoms with Crippen molar-refractivity contribution in [3.05, 3.63) is 102 Å². The van der Waals surface area contributed by atoms with E-state index in [9.17, 15) is 0 Å². The van der Waals surface area contributed by atoms with Gasteiger partial charge in [-0.05, 0) is 0 Å². The number of aromatic nitrogens is 2. The molecule has 0 aliphatic rings. The van der Waals surface area contributed by atoms with Crippen molar-refractivity contribution in [1.82, 2.24) is 9.97 Å². The van der Waals surface area contributed by atoms with Crippen LogP contribution in [0.25, 0.3) is 27.8 Å². The molecule has 2 heterocycles. The van der Waals surface area contributed by atoms with Crippen LogP contribution in [0.4, 0.5) is 11.6 Å². The Morgan fingerprint density at radius 3 is 1.48 bits per heavy atom. The van der Waals surface area contributed by atoms with E-state index in [0.717, 1.165) is 22.5 Å². The zero-order valence-electron chi connectivity index (χ0n) is 14.1. The van der Waals surface area contributed by atoms with Crippen molar-refractivity contribution in [3.63, 3.8) is 0 Å². The van der Waals surface area contributed by atoms with E-state index in [2.05, 4.69) is 27.4 Å². The monoisotopic (exact) mass is 710 g/mol. The molecule has 0 saturated heterocycles. The van der Waals surface area contributed by atoms with E-state index >= 15 is 0 Å². The molecular weight excluding hydrogens is 696 g/mol. The van der Waals surface area contributed by atoms with Crippen LogP contribution in [0.5, 0.6) is 0 Å². The molecule has 0 spiro atoms. The van der Waals surface area contributed by atoms with Crippen LogP contribution in [-0.2, 0) is 42.1 Å². The van der Waals surface area contributed by atoms with Gasteiger partial charge in [0.05, 0.1) is 0 Å². The first kappa shape index (κ1) is 21.2. The van der Waals surface area contributed by atoms with Crippen LogP contribution in [0, 0.1) is 12.1 Å². The molecule has 0 aliphatic carbocycles. The fraction of sp³-hybridized carbons (Fsp3) is 0. The van der Waals surface area contributed by atoms with Gasteiger partial charge in [0.1, 0.15) is 0 Å². The van der Waals surface area contributed by atoms with E-state index in [4.69, 9.17) is 0 Å². The molecule has 0 fully saturated rings. The van der Waals surface area contributed by atoms with E-state index in [0.29, 0.717) is 11.6 Å². The summed E-state index contributed by atoms with van der Waals surface area (Å²) >= 11 is 0. The number of hydrogen-bond donors (Lipinski definition) is 0. The number of benzene rings is 2.